The maximum atomic E-state index is 11.6. The van der Waals surface area contributed by atoms with Gasteiger partial charge in [0.05, 0.1) is 5.60 Å². The fraction of sp³-hybridized carbons (Fsp3) is 0.500. The summed E-state index contributed by atoms with van der Waals surface area (Å²) >= 11 is 0. The Bertz CT molecular complexity index is 380. The Morgan fingerprint density at radius 1 is 1.44 bits per heavy atom. The molecule has 0 aromatic rings. The molecule has 1 atom stereocenters. The van der Waals surface area contributed by atoms with E-state index in [4.69, 9.17) is 0 Å². The van der Waals surface area contributed by atoms with Crippen molar-refractivity contribution < 1.29 is 19.8 Å². The number of Topliss-reactive ketones (excluding diaryl/α,β-unsaturated/α-hetero) is 1. The molecule has 0 bridgehead atoms. The van der Waals surface area contributed by atoms with Gasteiger partial charge in [0.15, 0.2) is 11.6 Å². The van der Waals surface area contributed by atoms with Crippen LogP contribution in [0.2, 0.25) is 0 Å². The van der Waals surface area contributed by atoms with Crippen molar-refractivity contribution in [3.05, 3.63) is 23.8 Å². The highest BCUT2D eigenvalue weighted by atomic mass is 16.3. The first-order chi connectivity index (χ1) is 7.12. The van der Waals surface area contributed by atoms with Crippen LogP contribution in [0.1, 0.15) is 27.2 Å². The van der Waals surface area contributed by atoms with Crippen molar-refractivity contribution in [3.63, 3.8) is 0 Å². The molecule has 0 saturated heterocycles. The van der Waals surface area contributed by atoms with E-state index < -0.39 is 17.0 Å². The summed E-state index contributed by atoms with van der Waals surface area (Å²) in [6, 6.07) is 0. The van der Waals surface area contributed by atoms with Crippen LogP contribution in [0.4, 0.5) is 0 Å². The summed E-state index contributed by atoms with van der Waals surface area (Å²) in [5, 5.41) is 19.0. The van der Waals surface area contributed by atoms with E-state index in [1.165, 1.54) is 19.1 Å². The molecule has 0 fully saturated rings. The third-order valence-corrected chi connectivity index (χ3v) is 2.31. The average Bonchev–Trinajstić information content (AvgIpc) is 2.07. The molecule has 0 aromatic carbocycles. The van der Waals surface area contributed by atoms with Gasteiger partial charge in [-0.15, -0.1) is 0 Å². The summed E-state index contributed by atoms with van der Waals surface area (Å²) in [6.07, 6.45) is 3.75. The highest BCUT2D eigenvalue weighted by molar-refractivity contribution is 6.13. The van der Waals surface area contributed by atoms with Crippen molar-refractivity contribution in [2.75, 3.05) is 0 Å². The quantitative estimate of drug-likeness (QED) is 0.717. The SMILES string of the molecule is CC(C)(O)/C=C\C1=CC(=O)[C@](C)(O)CC1=O. The second-order valence-corrected chi connectivity index (χ2v) is 4.82. The van der Waals surface area contributed by atoms with Gasteiger partial charge in [-0.05, 0) is 26.8 Å². The molecule has 0 spiro atoms. The number of carbonyl (C=O) groups is 2. The van der Waals surface area contributed by atoms with Crippen molar-refractivity contribution in [3.8, 4) is 0 Å². The normalized spacial score (nSPS) is 27.4. The molecule has 1 aliphatic rings. The topological polar surface area (TPSA) is 74.6 Å². The van der Waals surface area contributed by atoms with E-state index >= 15 is 0 Å². The molecule has 88 valence electrons. The van der Waals surface area contributed by atoms with Gasteiger partial charge in [0.2, 0.25) is 0 Å². The molecule has 4 nitrogen and oxygen atoms in total. The van der Waals surface area contributed by atoms with Crippen LogP contribution in [0.15, 0.2) is 23.8 Å². The summed E-state index contributed by atoms with van der Waals surface area (Å²) in [5.74, 6) is -0.785. The smallest absolute Gasteiger partial charge is 0.188 e. The minimum atomic E-state index is -1.59. The van der Waals surface area contributed by atoms with Crippen LogP contribution in [-0.4, -0.2) is 33.0 Å². The van der Waals surface area contributed by atoms with E-state index in [9.17, 15) is 19.8 Å². The molecule has 0 aromatic heterocycles. The monoisotopic (exact) mass is 224 g/mol. The minimum Gasteiger partial charge on any atom is -0.386 e. The lowest BCUT2D eigenvalue weighted by molar-refractivity contribution is -0.137. The fourth-order valence-corrected chi connectivity index (χ4v) is 1.31. The Balaban J connectivity index is 2.96. The number of rotatable bonds is 2. The Morgan fingerprint density at radius 3 is 2.50 bits per heavy atom. The highest BCUT2D eigenvalue weighted by Gasteiger charge is 2.36. The lowest BCUT2D eigenvalue weighted by Crippen LogP contribution is -2.40. The molecule has 2 N–H and O–H groups in total. The Labute approximate surface area is 94.3 Å². The Hall–Kier alpha value is -1.26. The predicted octanol–water partition coefficient (Wildman–Crippen LogP) is 0.533. The largest absolute Gasteiger partial charge is 0.386 e. The van der Waals surface area contributed by atoms with Crippen LogP contribution in [-0.2, 0) is 9.59 Å². The van der Waals surface area contributed by atoms with E-state index in [0.717, 1.165) is 6.08 Å². The zero-order valence-corrected chi connectivity index (χ0v) is 9.65. The van der Waals surface area contributed by atoms with Gasteiger partial charge >= 0.3 is 0 Å². The molecule has 0 saturated carbocycles. The van der Waals surface area contributed by atoms with Gasteiger partial charge in [-0.2, -0.15) is 0 Å². The van der Waals surface area contributed by atoms with Crippen molar-refractivity contribution >= 4 is 11.6 Å². The molecule has 0 heterocycles. The molecule has 0 unspecified atom stereocenters. The average molecular weight is 224 g/mol. The number of aliphatic hydroxyl groups is 2. The maximum absolute atomic E-state index is 11.6. The number of ketones is 2. The van der Waals surface area contributed by atoms with E-state index in [0.29, 0.717) is 0 Å². The number of allylic oxidation sites excluding steroid dienone is 2. The first-order valence-corrected chi connectivity index (χ1v) is 5.05. The van der Waals surface area contributed by atoms with Crippen molar-refractivity contribution in [2.45, 2.75) is 38.4 Å². The lowest BCUT2D eigenvalue weighted by atomic mass is 9.84. The summed E-state index contributed by atoms with van der Waals surface area (Å²) in [5.41, 5.74) is -2.41. The lowest BCUT2D eigenvalue weighted by Gasteiger charge is -2.23. The fourth-order valence-electron chi connectivity index (χ4n) is 1.31. The van der Waals surface area contributed by atoms with Crippen molar-refractivity contribution in [1.82, 2.24) is 0 Å². The second-order valence-electron chi connectivity index (χ2n) is 4.82. The van der Waals surface area contributed by atoms with E-state index in [2.05, 4.69) is 0 Å². The van der Waals surface area contributed by atoms with Gasteiger partial charge in [0.1, 0.15) is 5.60 Å². The van der Waals surface area contributed by atoms with Crippen LogP contribution >= 0.6 is 0 Å². The highest BCUT2D eigenvalue weighted by Crippen LogP contribution is 2.22. The molecule has 0 radical (unpaired) electrons. The number of hydrogen-bond acceptors (Lipinski definition) is 4. The second kappa shape index (κ2) is 3.96. The third kappa shape index (κ3) is 3.12. The van der Waals surface area contributed by atoms with Crippen LogP contribution in [0.3, 0.4) is 0 Å². The van der Waals surface area contributed by atoms with Gasteiger partial charge in [-0.1, -0.05) is 12.2 Å². The molecule has 1 aliphatic carbocycles. The number of hydrogen-bond donors (Lipinski definition) is 2. The predicted molar refractivity (Wildman–Crippen MR) is 58.8 cm³/mol. The Kier molecular flexibility index (Phi) is 3.17. The summed E-state index contributed by atoms with van der Waals surface area (Å²) < 4.78 is 0. The van der Waals surface area contributed by atoms with E-state index in [1.54, 1.807) is 13.8 Å². The third-order valence-electron chi connectivity index (χ3n) is 2.31. The van der Waals surface area contributed by atoms with Crippen molar-refractivity contribution in [2.24, 2.45) is 0 Å². The van der Waals surface area contributed by atoms with Crippen LogP contribution in [0.25, 0.3) is 0 Å². The van der Waals surface area contributed by atoms with E-state index in [-0.39, 0.29) is 17.8 Å². The Morgan fingerprint density at radius 2 is 2.00 bits per heavy atom. The summed E-state index contributed by atoms with van der Waals surface area (Å²) in [7, 11) is 0. The van der Waals surface area contributed by atoms with Gasteiger partial charge in [-0.3, -0.25) is 9.59 Å². The minimum absolute atomic E-state index is 0.214. The van der Waals surface area contributed by atoms with Gasteiger partial charge < -0.3 is 10.2 Å². The van der Waals surface area contributed by atoms with Gasteiger partial charge in [0, 0.05) is 12.0 Å². The standard InChI is InChI=1S/C12H16O4/c1-11(2,15)5-4-8-6-10(14)12(3,16)7-9(8)13/h4-6,15-16H,7H2,1-3H3/b5-4-/t12-/m1/s1. The van der Waals surface area contributed by atoms with Gasteiger partial charge in [-0.25, -0.2) is 0 Å². The van der Waals surface area contributed by atoms with Crippen LogP contribution in [0.5, 0.6) is 0 Å². The molecule has 0 amide bonds. The molecular weight excluding hydrogens is 208 g/mol. The molecular formula is C12H16O4. The molecule has 4 heteroatoms. The number of carbonyl (C=O) groups excluding carboxylic acids is 2. The molecule has 16 heavy (non-hydrogen) atoms. The molecule has 1 rings (SSSR count). The summed E-state index contributed by atoms with van der Waals surface area (Å²) in [6.45, 7) is 4.45. The zero-order valence-electron chi connectivity index (χ0n) is 9.65. The zero-order chi connectivity index (χ0) is 12.6. The van der Waals surface area contributed by atoms with Gasteiger partial charge in [0.25, 0.3) is 0 Å². The van der Waals surface area contributed by atoms with E-state index in [1.807, 2.05) is 0 Å². The van der Waals surface area contributed by atoms with Crippen LogP contribution < -0.4 is 0 Å². The summed E-state index contributed by atoms with van der Waals surface area (Å²) in [4.78, 5) is 23.0. The van der Waals surface area contributed by atoms with Crippen molar-refractivity contribution in [1.29, 1.82) is 0 Å². The maximum Gasteiger partial charge on any atom is 0.188 e. The van der Waals surface area contributed by atoms with Crippen LogP contribution in [0, 0.1) is 0 Å². The first kappa shape index (κ1) is 12.8. The molecule has 0 aliphatic heterocycles. The first-order valence-electron chi connectivity index (χ1n) is 5.05.